The van der Waals surface area contributed by atoms with Gasteiger partial charge >= 0.3 is 5.97 Å². The molecule has 0 spiro atoms. The van der Waals surface area contributed by atoms with Gasteiger partial charge in [0.25, 0.3) is 0 Å². The zero-order valence-electron chi connectivity index (χ0n) is 34.7. The number of hydrogen-bond acceptors (Lipinski definition) is 9. The largest absolute Gasteiger partial charge is 0.457 e. The predicted molar refractivity (Wildman–Crippen MR) is 219 cm³/mol. The van der Waals surface area contributed by atoms with Crippen LogP contribution >= 0.6 is 0 Å². The van der Waals surface area contributed by atoms with Crippen molar-refractivity contribution in [1.82, 2.24) is 0 Å². The molecule has 6 unspecified atom stereocenters. The molecular formula is C45H84O9. The number of aliphatic hydroxyl groups excluding tert-OH is 4. The number of ether oxygens (including phenoxy) is 4. The van der Waals surface area contributed by atoms with Crippen LogP contribution in [0.25, 0.3) is 0 Å². The van der Waals surface area contributed by atoms with Crippen LogP contribution in [0, 0.1) is 0 Å². The first kappa shape index (κ1) is 50.7. The summed E-state index contributed by atoms with van der Waals surface area (Å²) in [7, 11) is 0. The van der Waals surface area contributed by atoms with Gasteiger partial charge in [0.05, 0.1) is 19.8 Å². The van der Waals surface area contributed by atoms with E-state index in [2.05, 4.69) is 38.2 Å². The van der Waals surface area contributed by atoms with E-state index in [1.54, 1.807) is 0 Å². The smallest absolute Gasteiger partial charge is 0.306 e. The number of carbonyl (C=O) groups excluding carboxylic acids is 1. The maximum atomic E-state index is 12.8. The molecule has 0 aromatic rings. The summed E-state index contributed by atoms with van der Waals surface area (Å²) in [5.74, 6) is -0.319. The van der Waals surface area contributed by atoms with Gasteiger partial charge in [-0.3, -0.25) is 4.79 Å². The first-order valence-electron chi connectivity index (χ1n) is 22.4. The van der Waals surface area contributed by atoms with Crippen LogP contribution in [-0.4, -0.2) is 89.6 Å². The number of carbonyl (C=O) groups is 1. The Morgan fingerprint density at radius 1 is 0.574 bits per heavy atom. The summed E-state index contributed by atoms with van der Waals surface area (Å²) in [6.07, 6.45) is 34.8. The van der Waals surface area contributed by atoms with Gasteiger partial charge in [0.2, 0.25) is 0 Å². The van der Waals surface area contributed by atoms with Crippen LogP contribution in [0.4, 0.5) is 0 Å². The Morgan fingerprint density at radius 2 is 1.02 bits per heavy atom. The number of allylic oxidation sites excluding steroid dienone is 4. The molecule has 9 nitrogen and oxygen atoms in total. The lowest BCUT2D eigenvalue weighted by Gasteiger charge is -2.39. The standard InChI is InChI=1S/C45H84O9/c1-3-5-7-9-11-13-15-17-19-20-21-22-24-26-28-30-32-34-41(47)53-39(38-52-45-44(50)43(49)42(48)40(36-46)54-45)37-51-35-33-31-29-27-25-23-18-16-14-12-10-8-6-4-2/h14,16-17,19,39-40,42-46,48-50H,3-13,15,18,20-38H2,1-2H3/b16-14-,19-17-. The number of unbranched alkanes of at least 4 members (excludes halogenated alkanes) is 23. The highest BCUT2D eigenvalue weighted by atomic mass is 16.7. The average molecular weight is 769 g/mol. The molecule has 318 valence electrons. The Hall–Kier alpha value is -1.33. The number of aliphatic hydroxyl groups is 4. The SMILES string of the molecule is CCCCCC/C=C\CCCCCCCCOCC(COC1OC(CO)C(O)C(O)C1O)OC(=O)CCCCCCCCC/C=C\CCCCCCCC. The van der Waals surface area contributed by atoms with Gasteiger partial charge in [-0.2, -0.15) is 0 Å². The van der Waals surface area contributed by atoms with Gasteiger partial charge in [-0.25, -0.2) is 0 Å². The molecule has 0 amide bonds. The van der Waals surface area contributed by atoms with E-state index in [9.17, 15) is 25.2 Å². The van der Waals surface area contributed by atoms with E-state index in [1.807, 2.05) is 0 Å². The summed E-state index contributed by atoms with van der Waals surface area (Å²) in [6, 6.07) is 0. The van der Waals surface area contributed by atoms with Crippen LogP contribution in [0.3, 0.4) is 0 Å². The van der Waals surface area contributed by atoms with Gasteiger partial charge in [0.1, 0.15) is 30.5 Å². The Morgan fingerprint density at radius 3 is 1.52 bits per heavy atom. The van der Waals surface area contributed by atoms with Crippen LogP contribution in [0.5, 0.6) is 0 Å². The van der Waals surface area contributed by atoms with Gasteiger partial charge in [-0.15, -0.1) is 0 Å². The fourth-order valence-electron chi connectivity index (χ4n) is 6.77. The molecule has 1 rings (SSSR count). The third kappa shape index (κ3) is 28.1. The molecule has 0 bridgehead atoms. The van der Waals surface area contributed by atoms with E-state index in [1.165, 1.54) is 141 Å². The third-order valence-electron chi connectivity index (χ3n) is 10.3. The van der Waals surface area contributed by atoms with Crippen molar-refractivity contribution in [3.05, 3.63) is 24.3 Å². The van der Waals surface area contributed by atoms with E-state index < -0.39 is 43.4 Å². The molecule has 54 heavy (non-hydrogen) atoms. The summed E-state index contributed by atoms with van der Waals surface area (Å²) in [5, 5.41) is 40.1. The van der Waals surface area contributed by atoms with Crippen molar-refractivity contribution in [1.29, 1.82) is 0 Å². The fourth-order valence-corrected chi connectivity index (χ4v) is 6.77. The molecule has 1 saturated heterocycles. The lowest BCUT2D eigenvalue weighted by atomic mass is 9.99. The van der Waals surface area contributed by atoms with Crippen LogP contribution in [0.15, 0.2) is 24.3 Å². The molecule has 1 heterocycles. The molecule has 4 N–H and O–H groups in total. The number of esters is 1. The van der Waals surface area contributed by atoms with Gasteiger partial charge < -0.3 is 39.4 Å². The van der Waals surface area contributed by atoms with Crippen LogP contribution in [0.1, 0.15) is 194 Å². The normalized spacial score (nSPS) is 21.0. The van der Waals surface area contributed by atoms with Crippen molar-refractivity contribution in [3.63, 3.8) is 0 Å². The Kier molecular flexibility index (Phi) is 35.0. The highest BCUT2D eigenvalue weighted by Gasteiger charge is 2.44. The molecule has 0 aliphatic carbocycles. The minimum atomic E-state index is -1.54. The van der Waals surface area contributed by atoms with Gasteiger partial charge in [-0.05, 0) is 64.2 Å². The van der Waals surface area contributed by atoms with Crippen LogP contribution in [0.2, 0.25) is 0 Å². The minimum absolute atomic E-state index is 0.115. The average Bonchev–Trinajstić information content (AvgIpc) is 3.17. The Bertz CT molecular complexity index is 879. The lowest BCUT2D eigenvalue weighted by molar-refractivity contribution is -0.305. The molecule has 0 aromatic heterocycles. The Balaban J connectivity index is 2.27. The molecule has 0 radical (unpaired) electrons. The van der Waals surface area contributed by atoms with E-state index in [4.69, 9.17) is 18.9 Å². The zero-order valence-corrected chi connectivity index (χ0v) is 34.7. The van der Waals surface area contributed by atoms with E-state index >= 15 is 0 Å². The first-order valence-corrected chi connectivity index (χ1v) is 22.4. The summed E-state index contributed by atoms with van der Waals surface area (Å²) >= 11 is 0. The maximum absolute atomic E-state index is 12.8. The van der Waals surface area contributed by atoms with E-state index in [0.717, 1.165) is 32.1 Å². The second-order valence-corrected chi connectivity index (χ2v) is 15.5. The molecule has 6 atom stereocenters. The minimum Gasteiger partial charge on any atom is -0.457 e. The summed E-state index contributed by atoms with van der Waals surface area (Å²) in [6.45, 7) is 4.53. The van der Waals surface area contributed by atoms with Crippen molar-refractivity contribution in [3.8, 4) is 0 Å². The summed E-state index contributed by atoms with van der Waals surface area (Å²) in [5.41, 5.74) is 0. The highest BCUT2D eigenvalue weighted by Crippen LogP contribution is 2.22. The van der Waals surface area contributed by atoms with E-state index in [0.29, 0.717) is 13.0 Å². The molecule has 9 heteroatoms. The van der Waals surface area contributed by atoms with Crippen LogP contribution in [-0.2, 0) is 23.7 Å². The zero-order chi connectivity index (χ0) is 39.3. The van der Waals surface area contributed by atoms with Crippen molar-refractivity contribution in [2.45, 2.75) is 230 Å². The second-order valence-electron chi connectivity index (χ2n) is 15.5. The molecular weight excluding hydrogens is 684 g/mol. The number of hydrogen-bond donors (Lipinski definition) is 4. The predicted octanol–water partition coefficient (Wildman–Crippen LogP) is 9.81. The molecule has 1 fully saturated rings. The Labute approximate surface area is 330 Å². The van der Waals surface area contributed by atoms with Gasteiger partial charge in [0, 0.05) is 13.0 Å². The van der Waals surface area contributed by atoms with Crippen molar-refractivity contribution in [2.75, 3.05) is 26.4 Å². The molecule has 1 aliphatic heterocycles. The van der Waals surface area contributed by atoms with Gasteiger partial charge in [0.15, 0.2) is 6.29 Å². The highest BCUT2D eigenvalue weighted by molar-refractivity contribution is 5.69. The maximum Gasteiger partial charge on any atom is 0.306 e. The quantitative estimate of drug-likeness (QED) is 0.0275. The van der Waals surface area contributed by atoms with Gasteiger partial charge in [-0.1, -0.05) is 147 Å². The molecule has 0 aromatic carbocycles. The molecule has 1 aliphatic rings. The summed E-state index contributed by atoms with van der Waals surface area (Å²) in [4.78, 5) is 12.8. The number of rotatable bonds is 38. The van der Waals surface area contributed by atoms with Crippen molar-refractivity contribution < 1.29 is 44.2 Å². The second kappa shape index (κ2) is 37.3. The topological polar surface area (TPSA) is 135 Å². The van der Waals surface area contributed by atoms with E-state index in [-0.39, 0.29) is 19.2 Å². The monoisotopic (exact) mass is 769 g/mol. The lowest BCUT2D eigenvalue weighted by Crippen LogP contribution is -2.59. The third-order valence-corrected chi connectivity index (χ3v) is 10.3. The van der Waals surface area contributed by atoms with Crippen LogP contribution < -0.4 is 0 Å². The van der Waals surface area contributed by atoms with Crippen molar-refractivity contribution in [2.24, 2.45) is 0 Å². The summed E-state index contributed by atoms with van der Waals surface area (Å²) < 4.78 is 22.8. The fraction of sp³-hybridized carbons (Fsp3) is 0.889. The molecule has 0 saturated carbocycles. The first-order chi connectivity index (χ1) is 26.4. The van der Waals surface area contributed by atoms with Crippen molar-refractivity contribution >= 4 is 5.97 Å².